The van der Waals surface area contributed by atoms with Crippen molar-refractivity contribution < 1.29 is 19.1 Å². The molecule has 1 N–H and O–H groups in total. The smallest absolute Gasteiger partial charge is 0.260 e. The van der Waals surface area contributed by atoms with Crippen LogP contribution in [0, 0.1) is 0 Å². The summed E-state index contributed by atoms with van der Waals surface area (Å²) in [6, 6.07) is 23.7. The van der Waals surface area contributed by atoms with E-state index in [1.54, 1.807) is 48.3 Å². The zero-order chi connectivity index (χ0) is 22.1. The number of ether oxygens (including phenoxy) is 2. The average molecular weight is 418 g/mol. The number of anilines is 1. The largest absolute Gasteiger partial charge is 0.494 e. The predicted octanol–water partition coefficient (Wildman–Crippen LogP) is 4.38. The highest BCUT2D eigenvalue weighted by Crippen LogP contribution is 2.20. The molecule has 0 aliphatic carbocycles. The van der Waals surface area contributed by atoms with E-state index in [4.69, 9.17) is 9.47 Å². The van der Waals surface area contributed by atoms with Crippen LogP contribution in [0.3, 0.4) is 0 Å². The number of carbonyl (C=O) groups is 2. The number of hydrogen-bond acceptors (Lipinski definition) is 4. The molecule has 0 heterocycles. The van der Waals surface area contributed by atoms with Crippen molar-refractivity contribution in [2.24, 2.45) is 0 Å². The van der Waals surface area contributed by atoms with Crippen LogP contribution >= 0.6 is 0 Å². The number of hydrogen-bond donors (Lipinski definition) is 1. The van der Waals surface area contributed by atoms with E-state index < -0.39 is 0 Å². The molecule has 0 aliphatic heterocycles. The quantitative estimate of drug-likeness (QED) is 0.560. The van der Waals surface area contributed by atoms with Crippen molar-refractivity contribution in [3.8, 4) is 11.5 Å². The lowest BCUT2D eigenvalue weighted by molar-refractivity contribution is -0.132. The summed E-state index contributed by atoms with van der Waals surface area (Å²) in [5.74, 6) is 0.678. The normalized spacial score (nSPS) is 10.3. The zero-order valence-corrected chi connectivity index (χ0v) is 17.7. The molecule has 0 aromatic heterocycles. The van der Waals surface area contributed by atoms with Gasteiger partial charge in [-0.3, -0.25) is 9.59 Å². The van der Waals surface area contributed by atoms with Gasteiger partial charge in [-0.2, -0.15) is 0 Å². The summed E-state index contributed by atoms with van der Waals surface area (Å²) in [6.07, 6.45) is 0. The molecule has 0 fully saturated rings. The number of nitrogens with one attached hydrogen (secondary N) is 1. The number of nitrogens with zero attached hydrogens (tertiary/aromatic N) is 1. The van der Waals surface area contributed by atoms with E-state index in [0.29, 0.717) is 30.2 Å². The fourth-order valence-corrected chi connectivity index (χ4v) is 2.97. The molecule has 0 atom stereocenters. The molecule has 0 spiro atoms. The highest BCUT2D eigenvalue weighted by Gasteiger charge is 2.15. The molecule has 6 heteroatoms. The summed E-state index contributed by atoms with van der Waals surface area (Å²) < 4.78 is 11.1. The minimum Gasteiger partial charge on any atom is -0.494 e. The van der Waals surface area contributed by atoms with Crippen molar-refractivity contribution in [3.05, 3.63) is 90.0 Å². The summed E-state index contributed by atoms with van der Waals surface area (Å²) in [5, 5.41) is 2.83. The first-order chi connectivity index (χ1) is 15.1. The van der Waals surface area contributed by atoms with Gasteiger partial charge in [0.25, 0.3) is 11.8 Å². The van der Waals surface area contributed by atoms with Crippen LogP contribution in [0.2, 0.25) is 0 Å². The SMILES string of the molecule is CCOc1ccc(CN(C)C(=O)COc2ccccc2C(=O)Nc2ccccc2)cc1. The van der Waals surface area contributed by atoms with Crippen LogP contribution in [-0.4, -0.2) is 37.0 Å². The summed E-state index contributed by atoms with van der Waals surface area (Å²) in [4.78, 5) is 26.8. The van der Waals surface area contributed by atoms with Gasteiger partial charge in [0.2, 0.25) is 0 Å². The van der Waals surface area contributed by atoms with Gasteiger partial charge in [0, 0.05) is 19.3 Å². The van der Waals surface area contributed by atoms with E-state index >= 15 is 0 Å². The monoisotopic (exact) mass is 418 g/mol. The van der Waals surface area contributed by atoms with Gasteiger partial charge in [-0.25, -0.2) is 0 Å². The van der Waals surface area contributed by atoms with Gasteiger partial charge in [0.15, 0.2) is 6.61 Å². The molecule has 0 saturated carbocycles. The van der Waals surface area contributed by atoms with Crippen molar-refractivity contribution >= 4 is 17.5 Å². The van der Waals surface area contributed by atoms with Crippen LogP contribution in [0.25, 0.3) is 0 Å². The molecular weight excluding hydrogens is 392 g/mol. The maximum atomic E-state index is 12.6. The van der Waals surface area contributed by atoms with Gasteiger partial charge in [-0.15, -0.1) is 0 Å². The molecule has 0 aliphatic rings. The van der Waals surface area contributed by atoms with Crippen molar-refractivity contribution in [2.45, 2.75) is 13.5 Å². The molecule has 3 aromatic carbocycles. The fourth-order valence-electron chi connectivity index (χ4n) is 2.97. The van der Waals surface area contributed by atoms with Crippen molar-refractivity contribution in [2.75, 3.05) is 25.6 Å². The molecule has 6 nitrogen and oxygen atoms in total. The topological polar surface area (TPSA) is 67.9 Å². The molecule has 0 bridgehead atoms. The minimum atomic E-state index is -0.294. The van der Waals surface area contributed by atoms with Crippen molar-refractivity contribution in [1.82, 2.24) is 4.90 Å². The van der Waals surface area contributed by atoms with Crippen LogP contribution in [0.1, 0.15) is 22.8 Å². The van der Waals surface area contributed by atoms with E-state index in [9.17, 15) is 9.59 Å². The highest BCUT2D eigenvalue weighted by atomic mass is 16.5. The van der Waals surface area contributed by atoms with Gasteiger partial charge in [-0.1, -0.05) is 42.5 Å². The van der Waals surface area contributed by atoms with E-state index in [1.807, 2.05) is 49.4 Å². The van der Waals surface area contributed by atoms with Crippen LogP contribution in [0.5, 0.6) is 11.5 Å². The van der Waals surface area contributed by atoms with Gasteiger partial charge in [0.05, 0.1) is 12.2 Å². The van der Waals surface area contributed by atoms with Crippen LogP contribution in [0.4, 0.5) is 5.69 Å². The Morgan fingerprint density at radius 1 is 0.871 bits per heavy atom. The minimum absolute atomic E-state index is 0.164. The Bertz CT molecular complexity index is 1000. The third-order valence-electron chi connectivity index (χ3n) is 4.59. The Morgan fingerprint density at radius 3 is 2.26 bits per heavy atom. The van der Waals surface area contributed by atoms with Crippen molar-refractivity contribution in [3.63, 3.8) is 0 Å². The lowest BCUT2D eigenvalue weighted by atomic mass is 10.2. The Kier molecular flexibility index (Phi) is 7.65. The molecule has 160 valence electrons. The Balaban J connectivity index is 1.57. The number of benzene rings is 3. The second kappa shape index (κ2) is 10.8. The summed E-state index contributed by atoms with van der Waals surface area (Å²) in [7, 11) is 1.72. The highest BCUT2D eigenvalue weighted by molar-refractivity contribution is 6.06. The summed E-state index contributed by atoms with van der Waals surface area (Å²) in [6.45, 7) is 2.83. The van der Waals surface area contributed by atoms with E-state index in [-0.39, 0.29) is 18.4 Å². The first kappa shape index (κ1) is 21.9. The maximum absolute atomic E-state index is 12.6. The van der Waals surface area contributed by atoms with Gasteiger partial charge < -0.3 is 19.7 Å². The molecule has 3 aromatic rings. The van der Waals surface area contributed by atoms with Crippen LogP contribution < -0.4 is 14.8 Å². The zero-order valence-electron chi connectivity index (χ0n) is 17.7. The Hall–Kier alpha value is -3.80. The number of amides is 2. The van der Waals surface area contributed by atoms with E-state index in [0.717, 1.165) is 11.3 Å². The van der Waals surface area contributed by atoms with E-state index in [1.165, 1.54) is 0 Å². The summed E-state index contributed by atoms with van der Waals surface area (Å²) in [5.41, 5.74) is 2.05. The first-order valence-corrected chi connectivity index (χ1v) is 10.1. The third kappa shape index (κ3) is 6.34. The lowest BCUT2D eigenvalue weighted by Gasteiger charge is -2.18. The van der Waals surface area contributed by atoms with E-state index in [2.05, 4.69) is 5.32 Å². The van der Waals surface area contributed by atoms with Gasteiger partial charge in [0.1, 0.15) is 11.5 Å². The lowest BCUT2D eigenvalue weighted by Crippen LogP contribution is -2.31. The number of para-hydroxylation sites is 2. The number of likely N-dealkylation sites (N-methyl/N-ethyl adjacent to an activating group) is 1. The number of carbonyl (C=O) groups excluding carboxylic acids is 2. The first-order valence-electron chi connectivity index (χ1n) is 10.1. The third-order valence-corrected chi connectivity index (χ3v) is 4.59. The maximum Gasteiger partial charge on any atom is 0.260 e. The number of rotatable bonds is 9. The predicted molar refractivity (Wildman–Crippen MR) is 120 cm³/mol. The molecule has 0 unspecified atom stereocenters. The van der Waals surface area contributed by atoms with Gasteiger partial charge in [-0.05, 0) is 48.9 Å². The Morgan fingerprint density at radius 2 is 1.55 bits per heavy atom. The standard InChI is InChI=1S/C25H26N2O4/c1-3-30-21-15-13-19(14-16-21)17-27(2)24(28)18-31-23-12-8-7-11-22(23)25(29)26-20-9-5-4-6-10-20/h4-16H,3,17-18H2,1-2H3,(H,26,29). The molecule has 3 rings (SSSR count). The van der Waals surface area contributed by atoms with Crippen molar-refractivity contribution in [1.29, 1.82) is 0 Å². The van der Waals surface area contributed by atoms with Crippen LogP contribution in [-0.2, 0) is 11.3 Å². The fraction of sp³-hybridized carbons (Fsp3) is 0.200. The Labute approximate surface area is 182 Å². The molecule has 0 saturated heterocycles. The molecular formula is C25H26N2O4. The second-order valence-corrected chi connectivity index (χ2v) is 6.93. The van der Waals surface area contributed by atoms with Gasteiger partial charge >= 0.3 is 0 Å². The summed E-state index contributed by atoms with van der Waals surface area (Å²) >= 11 is 0. The van der Waals surface area contributed by atoms with Crippen LogP contribution in [0.15, 0.2) is 78.9 Å². The average Bonchev–Trinajstić information content (AvgIpc) is 2.79. The molecule has 2 amide bonds. The molecule has 0 radical (unpaired) electrons. The second-order valence-electron chi connectivity index (χ2n) is 6.93. The molecule has 31 heavy (non-hydrogen) atoms.